The van der Waals surface area contributed by atoms with Crippen molar-refractivity contribution >= 4 is 10.0 Å². The topological polar surface area (TPSA) is 52.6 Å². The summed E-state index contributed by atoms with van der Waals surface area (Å²) in [5, 5.41) is 0. The molecule has 2 fully saturated rings. The van der Waals surface area contributed by atoms with Gasteiger partial charge in [-0.05, 0) is 37.9 Å². The maximum absolute atomic E-state index is 12.7. The van der Waals surface area contributed by atoms with Gasteiger partial charge in [-0.2, -0.15) is 0 Å². The van der Waals surface area contributed by atoms with Gasteiger partial charge in [0.25, 0.3) is 0 Å². The molecule has 2 aliphatic rings. The van der Waals surface area contributed by atoms with Crippen LogP contribution >= 0.6 is 0 Å². The molecule has 1 N–H and O–H groups in total. The minimum atomic E-state index is -3.44. The van der Waals surface area contributed by atoms with Crippen molar-refractivity contribution in [2.24, 2.45) is 0 Å². The predicted molar refractivity (Wildman–Crippen MR) is 101 cm³/mol. The van der Waals surface area contributed by atoms with Crippen LogP contribution in [-0.4, -0.2) is 63.0 Å². The van der Waals surface area contributed by atoms with Crippen LogP contribution in [0.1, 0.15) is 39.0 Å². The Balaban J connectivity index is 1.65. The summed E-state index contributed by atoms with van der Waals surface area (Å²) in [5.41, 5.74) is 0. The highest BCUT2D eigenvalue weighted by molar-refractivity contribution is 7.89. The number of hydrogen-bond acceptors (Lipinski definition) is 4. The van der Waals surface area contributed by atoms with Crippen molar-refractivity contribution in [2.45, 2.75) is 56.0 Å². The molecule has 1 aromatic carbocycles. The molecule has 1 aliphatic heterocycles. The first-order chi connectivity index (χ1) is 12.1. The molecule has 1 aromatic rings. The number of nitrogens with zero attached hydrogens (tertiary/aromatic N) is 2. The quantitative estimate of drug-likeness (QED) is 0.840. The molecule has 3 rings (SSSR count). The van der Waals surface area contributed by atoms with Gasteiger partial charge in [0.2, 0.25) is 10.0 Å². The van der Waals surface area contributed by atoms with E-state index in [2.05, 4.69) is 21.4 Å². The lowest BCUT2D eigenvalue weighted by molar-refractivity contribution is 0.0663. The number of sulfonamides is 1. The van der Waals surface area contributed by atoms with Crippen LogP contribution < -0.4 is 4.72 Å². The van der Waals surface area contributed by atoms with Gasteiger partial charge in [-0.15, -0.1) is 0 Å². The van der Waals surface area contributed by atoms with Gasteiger partial charge >= 0.3 is 0 Å². The minimum absolute atomic E-state index is 0.0247. The highest BCUT2D eigenvalue weighted by Crippen LogP contribution is 2.26. The molecule has 140 valence electrons. The van der Waals surface area contributed by atoms with Gasteiger partial charge in [0.15, 0.2) is 0 Å². The largest absolute Gasteiger partial charge is 0.301 e. The number of benzene rings is 1. The van der Waals surface area contributed by atoms with Crippen LogP contribution in [0.15, 0.2) is 35.2 Å². The lowest BCUT2D eigenvalue weighted by Gasteiger charge is -2.44. The van der Waals surface area contributed by atoms with E-state index in [1.54, 1.807) is 24.3 Å². The van der Waals surface area contributed by atoms with Gasteiger partial charge in [0.05, 0.1) is 4.90 Å². The van der Waals surface area contributed by atoms with E-state index in [9.17, 15) is 8.42 Å². The maximum Gasteiger partial charge on any atom is 0.240 e. The Morgan fingerprint density at radius 2 is 1.72 bits per heavy atom. The third-order valence-electron chi connectivity index (χ3n) is 5.51. The van der Waals surface area contributed by atoms with E-state index in [1.807, 2.05) is 6.07 Å². The van der Waals surface area contributed by atoms with E-state index in [-0.39, 0.29) is 6.04 Å². The Labute approximate surface area is 152 Å². The molecule has 6 heteroatoms. The van der Waals surface area contributed by atoms with Crippen LogP contribution in [-0.2, 0) is 10.0 Å². The highest BCUT2D eigenvalue weighted by atomic mass is 32.2. The standard InChI is InChI=1S/C19H31N3O2S/c1-2-12-21-13-15-22(16-14-21)19-11-7-6-10-18(19)20-25(23,24)17-8-4-3-5-9-17/h3-5,8-9,18-20H,2,6-7,10-16H2,1H3/t18-,19-/m0/s1. The monoisotopic (exact) mass is 365 g/mol. The van der Waals surface area contributed by atoms with Gasteiger partial charge in [0.1, 0.15) is 0 Å². The Morgan fingerprint density at radius 3 is 2.40 bits per heavy atom. The summed E-state index contributed by atoms with van der Waals surface area (Å²) in [6.07, 6.45) is 5.53. The predicted octanol–water partition coefficient (Wildman–Crippen LogP) is 2.30. The molecule has 2 atom stereocenters. The zero-order valence-electron chi connectivity index (χ0n) is 15.2. The molecular formula is C19H31N3O2S. The molecule has 1 saturated heterocycles. The maximum atomic E-state index is 12.7. The van der Waals surface area contributed by atoms with E-state index < -0.39 is 10.0 Å². The molecule has 0 radical (unpaired) electrons. The van der Waals surface area contributed by atoms with Gasteiger partial charge < -0.3 is 4.90 Å². The summed E-state index contributed by atoms with van der Waals surface area (Å²) in [5.74, 6) is 0. The van der Waals surface area contributed by atoms with Crippen LogP contribution in [0.4, 0.5) is 0 Å². The van der Waals surface area contributed by atoms with Crippen molar-refractivity contribution in [1.82, 2.24) is 14.5 Å². The second-order valence-corrected chi connectivity index (χ2v) is 8.98. The van der Waals surface area contributed by atoms with Crippen LogP contribution in [0.2, 0.25) is 0 Å². The van der Waals surface area contributed by atoms with Gasteiger partial charge in [-0.25, -0.2) is 13.1 Å². The van der Waals surface area contributed by atoms with E-state index in [0.29, 0.717) is 10.9 Å². The normalized spacial score (nSPS) is 26.6. The number of nitrogens with one attached hydrogen (secondary N) is 1. The van der Waals surface area contributed by atoms with Gasteiger partial charge in [-0.1, -0.05) is 38.0 Å². The molecule has 0 bridgehead atoms. The van der Waals surface area contributed by atoms with Crippen molar-refractivity contribution in [1.29, 1.82) is 0 Å². The zero-order valence-corrected chi connectivity index (χ0v) is 16.0. The molecule has 0 spiro atoms. The van der Waals surface area contributed by atoms with Crippen molar-refractivity contribution in [3.05, 3.63) is 30.3 Å². The van der Waals surface area contributed by atoms with Crippen LogP contribution in [0.25, 0.3) is 0 Å². The third-order valence-corrected chi connectivity index (χ3v) is 7.01. The molecule has 0 amide bonds. The van der Waals surface area contributed by atoms with Gasteiger partial charge in [0, 0.05) is 38.3 Å². The van der Waals surface area contributed by atoms with Crippen LogP contribution in [0.3, 0.4) is 0 Å². The first-order valence-electron chi connectivity index (χ1n) is 9.64. The molecule has 1 saturated carbocycles. The summed E-state index contributed by atoms with van der Waals surface area (Å²) in [6.45, 7) is 7.69. The molecule has 0 aromatic heterocycles. The van der Waals surface area contributed by atoms with Gasteiger partial charge in [-0.3, -0.25) is 4.90 Å². The number of hydrogen-bond donors (Lipinski definition) is 1. The zero-order chi connectivity index (χ0) is 17.7. The molecular weight excluding hydrogens is 334 g/mol. The average molecular weight is 366 g/mol. The Hall–Kier alpha value is -0.950. The van der Waals surface area contributed by atoms with Crippen molar-refractivity contribution in [2.75, 3.05) is 32.7 Å². The first kappa shape index (κ1) is 18.8. The van der Waals surface area contributed by atoms with E-state index in [1.165, 1.54) is 19.4 Å². The third kappa shape index (κ3) is 4.82. The SMILES string of the molecule is CCCN1CCN([C@H]2CCCC[C@@H]2NS(=O)(=O)c2ccccc2)CC1. The Bertz CT molecular complexity index is 627. The summed E-state index contributed by atoms with van der Waals surface area (Å²) in [7, 11) is -3.44. The van der Waals surface area contributed by atoms with E-state index in [4.69, 9.17) is 0 Å². The van der Waals surface area contributed by atoms with E-state index in [0.717, 1.165) is 45.4 Å². The summed E-state index contributed by atoms with van der Waals surface area (Å²) in [4.78, 5) is 5.40. The second kappa shape index (κ2) is 8.62. The minimum Gasteiger partial charge on any atom is -0.301 e. The molecule has 5 nitrogen and oxygen atoms in total. The first-order valence-corrected chi connectivity index (χ1v) is 11.1. The lowest BCUT2D eigenvalue weighted by Crippen LogP contribution is -2.58. The van der Waals surface area contributed by atoms with Crippen LogP contribution in [0, 0.1) is 0 Å². The lowest BCUT2D eigenvalue weighted by atomic mass is 9.89. The smallest absolute Gasteiger partial charge is 0.240 e. The Morgan fingerprint density at radius 1 is 1.04 bits per heavy atom. The van der Waals surface area contributed by atoms with Crippen molar-refractivity contribution < 1.29 is 8.42 Å². The Kier molecular flexibility index (Phi) is 6.49. The van der Waals surface area contributed by atoms with E-state index >= 15 is 0 Å². The summed E-state index contributed by atoms with van der Waals surface area (Å²) >= 11 is 0. The fraction of sp³-hybridized carbons (Fsp3) is 0.684. The second-order valence-electron chi connectivity index (χ2n) is 7.27. The average Bonchev–Trinajstić information content (AvgIpc) is 2.64. The van der Waals surface area contributed by atoms with Crippen LogP contribution in [0.5, 0.6) is 0 Å². The molecule has 0 unspecified atom stereocenters. The fourth-order valence-electron chi connectivity index (χ4n) is 4.19. The highest BCUT2D eigenvalue weighted by Gasteiger charge is 2.34. The fourth-order valence-corrected chi connectivity index (χ4v) is 5.51. The summed E-state index contributed by atoms with van der Waals surface area (Å²) < 4.78 is 28.5. The number of rotatable bonds is 6. The molecule has 1 aliphatic carbocycles. The summed E-state index contributed by atoms with van der Waals surface area (Å²) in [6, 6.07) is 9.10. The molecule has 1 heterocycles. The van der Waals surface area contributed by atoms with Crippen molar-refractivity contribution in [3.63, 3.8) is 0 Å². The number of piperazine rings is 1. The van der Waals surface area contributed by atoms with Crippen molar-refractivity contribution in [3.8, 4) is 0 Å². The molecule has 25 heavy (non-hydrogen) atoms.